The molecule has 0 unspecified atom stereocenters. The number of anilines is 3. The number of aromatic nitrogens is 3. The van der Waals surface area contributed by atoms with Gasteiger partial charge in [-0.1, -0.05) is 37.8 Å². The fourth-order valence-corrected chi connectivity index (χ4v) is 5.23. The lowest BCUT2D eigenvalue weighted by molar-refractivity contribution is 0.252. The summed E-state index contributed by atoms with van der Waals surface area (Å²) in [5, 5.41) is 7.11. The molecule has 1 aromatic heterocycles. The topological polar surface area (TPSA) is 78.4 Å². The van der Waals surface area contributed by atoms with E-state index in [4.69, 9.17) is 19.7 Å². The number of aryl methyl sites for hydroxylation is 1. The van der Waals surface area contributed by atoms with Crippen LogP contribution in [0, 0.1) is 6.92 Å². The number of nitrogens with one attached hydrogen (secondary N) is 2. The van der Waals surface area contributed by atoms with Gasteiger partial charge in [-0.25, -0.2) is 0 Å². The minimum atomic E-state index is 0.441. The molecule has 1 saturated heterocycles. The smallest absolute Gasteiger partial charge is 0.231 e. The average molecular weight is 482 g/mol. The van der Waals surface area contributed by atoms with Crippen LogP contribution in [-0.4, -0.2) is 72.8 Å². The van der Waals surface area contributed by atoms with Gasteiger partial charge < -0.3 is 25.2 Å². The minimum Gasteiger partial charge on any atom is -0.496 e. The van der Waals surface area contributed by atoms with Crippen molar-refractivity contribution in [3.63, 3.8) is 0 Å². The van der Waals surface area contributed by atoms with Crippen molar-refractivity contribution < 1.29 is 4.74 Å². The van der Waals surface area contributed by atoms with Crippen LogP contribution in [0.4, 0.5) is 17.8 Å². The summed E-state index contributed by atoms with van der Waals surface area (Å²) in [7, 11) is 6.04. The van der Waals surface area contributed by atoms with E-state index >= 15 is 0 Å². The largest absolute Gasteiger partial charge is 0.496 e. The molecule has 0 bridgehead atoms. The third-order valence-corrected chi connectivity index (χ3v) is 7.52. The second-order valence-electron chi connectivity index (χ2n) is 10.2. The van der Waals surface area contributed by atoms with Gasteiger partial charge in [0.25, 0.3) is 0 Å². The number of rotatable bonds is 9. The molecule has 8 nitrogen and oxygen atoms in total. The molecule has 0 radical (unpaired) electrons. The van der Waals surface area contributed by atoms with E-state index in [1.165, 1.54) is 44.1 Å². The molecule has 0 atom stereocenters. The fourth-order valence-electron chi connectivity index (χ4n) is 5.23. The summed E-state index contributed by atoms with van der Waals surface area (Å²) < 4.78 is 5.39. The molecule has 1 aliphatic carbocycles. The summed E-state index contributed by atoms with van der Waals surface area (Å²) in [4.78, 5) is 19.1. The molecule has 2 aliphatic rings. The van der Waals surface area contributed by atoms with E-state index < -0.39 is 0 Å². The van der Waals surface area contributed by atoms with Crippen molar-refractivity contribution in [2.75, 3.05) is 56.4 Å². The Morgan fingerprint density at radius 2 is 1.71 bits per heavy atom. The Labute approximate surface area is 210 Å². The van der Waals surface area contributed by atoms with E-state index in [0.717, 1.165) is 56.2 Å². The Kier molecular flexibility index (Phi) is 9.01. The summed E-state index contributed by atoms with van der Waals surface area (Å²) in [5.74, 6) is 3.03. The van der Waals surface area contributed by atoms with Gasteiger partial charge in [0.05, 0.1) is 7.11 Å². The summed E-state index contributed by atoms with van der Waals surface area (Å²) in [6, 6.07) is 7.24. The lowest BCUT2D eigenvalue weighted by atomic mass is 10.0. The molecule has 1 aliphatic heterocycles. The SMILES string of the molecule is COc1ccc(CCNc2nc(NC3CCCCCC3)nc(N(C)C3CCN(C)CC3)n2)cc1C. The molecule has 2 fully saturated rings. The van der Waals surface area contributed by atoms with E-state index in [1.54, 1.807) is 7.11 Å². The maximum Gasteiger partial charge on any atom is 0.231 e. The summed E-state index contributed by atoms with van der Waals surface area (Å²) >= 11 is 0. The second kappa shape index (κ2) is 12.4. The summed E-state index contributed by atoms with van der Waals surface area (Å²) in [6.07, 6.45) is 10.7. The van der Waals surface area contributed by atoms with Gasteiger partial charge in [-0.3, -0.25) is 0 Å². The van der Waals surface area contributed by atoms with E-state index in [2.05, 4.69) is 53.6 Å². The molecule has 4 rings (SSSR count). The van der Waals surface area contributed by atoms with Crippen molar-refractivity contribution in [2.45, 2.75) is 76.8 Å². The van der Waals surface area contributed by atoms with Gasteiger partial charge in [-0.2, -0.15) is 15.0 Å². The number of hydrogen-bond acceptors (Lipinski definition) is 8. The van der Waals surface area contributed by atoms with Crippen molar-refractivity contribution in [3.8, 4) is 5.75 Å². The zero-order chi connectivity index (χ0) is 24.6. The van der Waals surface area contributed by atoms with E-state index in [9.17, 15) is 0 Å². The lowest BCUT2D eigenvalue weighted by Gasteiger charge is -2.35. The molecule has 1 aromatic carbocycles. The van der Waals surface area contributed by atoms with E-state index in [1.807, 2.05) is 6.07 Å². The van der Waals surface area contributed by atoms with Gasteiger partial charge in [-0.15, -0.1) is 0 Å². The number of nitrogens with zero attached hydrogens (tertiary/aromatic N) is 5. The average Bonchev–Trinajstić information content (AvgIpc) is 3.13. The highest BCUT2D eigenvalue weighted by Gasteiger charge is 2.24. The van der Waals surface area contributed by atoms with Gasteiger partial charge in [0.15, 0.2) is 0 Å². The third-order valence-electron chi connectivity index (χ3n) is 7.52. The minimum absolute atomic E-state index is 0.441. The van der Waals surface area contributed by atoms with Crippen LogP contribution in [0.25, 0.3) is 0 Å². The number of likely N-dealkylation sites (tertiary alicyclic amines) is 1. The molecule has 0 spiro atoms. The molecule has 2 N–H and O–H groups in total. The zero-order valence-corrected chi connectivity index (χ0v) is 22.0. The Balaban J connectivity index is 1.46. The quantitative estimate of drug-likeness (QED) is 0.507. The highest BCUT2D eigenvalue weighted by molar-refractivity contribution is 5.45. The number of hydrogen-bond donors (Lipinski definition) is 2. The molecule has 192 valence electrons. The van der Waals surface area contributed by atoms with Gasteiger partial charge in [-0.05, 0) is 76.4 Å². The standard InChI is InChI=1S/C27H43N7O/c1-20-19-21(11-12-24(20)35-4)13-16-28-25-30-26(29-22-9-7-5-6-8-10-22)32-27(31-25)34(3)23-14-17-33(2)18-15-23/h11-12,19,22-23H,5-10,13-18H2,1-4H3,(H2,28,29,30,31,32). The molecule has 2 heterocycles. The summed E-state index contributed by atoms with van der Waals surface area (Å²) in [6.45, 7) is 5.06. The van der Waals surface area contributed by atoms with Gasteiger partial charge in [0.2, 0.25) is 17.8 Å². The van der Waals surface area contributed by atoms with Crippen molar-refractivity contribution in [2.24, 2.45) is 0 Å². The van der Waals surface area contributed by atoms with Crippen LogP contribution in [0.5, 0.6) is 5.75 Å². The highest BCUT2D eigenvalue weighted by atomic mass is 16.5. The lowest BCUT2D eigenvalue weighted by Crippen LogP contribution is -2.42. The number of ether oxygens (including phenoxy) is 1. The van der Waals surface area contributed by atoms with Crippen molar-refractivity contribution in [3.05, 3.63) is 29.3 Å². The maximum absolute atomic E-state index is 5.39. The molecule has 1 saturated carbocycles. The maximum atomic E-state index is 5.39. The van der Waals surface area contributed by atoms with Crippen LogP contribution in [-0.2, 0) is 6.42 Å². The normalized spacial score (nSPS) is 18.2. The van der Waals surface area contributed by atoms with Crippen molar-refractivity contribution >= 4 is 17.8 Å². The van der Waals surface area contributed by atoms with Gasteiger partial charge in [0.1, 0.15) is 5.75 Å². The molecular formula is C27H43N7O. The van der Waals surface area contributed by atoms with Crippen LogP contribution in [0.3, 0.4) is 0 Å². The fraction of sp³-hybridized carbons (Fsp3) is 0.667. The summed E-state index contributed by atoms with van der Waals surface area (Å²) in [5.41, 5.74) is 2.42. The Morgan fingerprint density at radius 1 is 1.00 bits per heavy atom. The molecular weight excluding hydrogens is 438 g/mol. The van der Waals surface area contributed by atoms with Crippen molar-refractivity contribution in [1.29, 1.82) is 0 Å². The first-order valence-electron chi connectivity index (χ1n) is 13.3. The van der Waals surface area contributed by atoms with Gasteiger partial charge >= 0.3 is 0 Å². The second-order valence-corrected chi connectivity index (χ2v) is 10.2. The molecule has 8 heteroatoms. The van der Waals surface area contributed by atoms with Crippen LogP contribution in [0.2, 0.25) is 0 Å². The first-order valence-corrected chi connectivity index (χ1v) is 13.3. The third kappa shape index (κ3) is 7.19. The van der Waals surface area contributed by atoms with E-state index in [-0.39, 0.29) is 0 Å². The Morgan fingerprint density at radius 3 is 2.40 bits per heavy atom. The van der Waals surface area contributed by atoms with E-state index in [0.29, 0.717) is 24.0 Å². The van der Waals surface area contributed by atoms with Gasteiger partial charge in [0, 0.05) is 25.7 Å². The Bertz CT molecular complexity index is 937. The van der Waals surface area contributed by atoms with Crippen LogP contribution < -0.4 is 20.3 Å². The van der Waals surface area contributed by atoms with Crippen molar-refractivity contribution in [1.82, 2.24) is 19.9 Å². The predicted octanol–water partition coefficient (Wildman–Crippen LogP) is 4.51. The monoisotopic (exact) mass is 481 g/mol. The number of methoxy groups -OCH3 is 1. The first kappa shape index (κ1) is 25.5. The first-order chi connectivity index (χ1) is 17.0. The molecule has 35 heavy (non-hydrogen) atoms. The molecule has 0 amide bonds. The van der Waals surface area contributed by atoms with Crippen LogP contribution >= 0.6 is 0 Å². The molecule has 2 aromatic rings. The number of benzene rings is 1. The highest BCUT2D eigenvalue weighted by Crippen LogP contribution is 2.24. The number of piperidine rings is 1. The zero-order valence-electron chi connectivity index (χ0n) is 22.0. The van der Waals surface area contributed by atoms with Crippen LogP contribution in [0.15, 0.2) is 18.2 Å². The Hall–Kier alpha value is -2.61. The predicted molar refractivity (Wildman–Crippen MR) is 144 cm³/mol. The van der Waals surface area contributed by atoms with Crippen LogP contribution in [0.1, 0.15) is 62.5 Å².